The summed E-state index contributed by atoms with van der Waals surface area (Å²) in [6.45, 7) is 0.771. The highest BCUT2D eigenvalue weighted by molar-refractivity contribution is 7.91. The van der Waals surface area contributed by atoms with Crippen molar-refractivity contribution in [3.8, 4) is 0 Å². The maximum absolute atomic E-state index is 13.1. The fraction of sp³-hybridized carbons (Fsp3) is 0.318. The van der Waals surface area contributed by atoms with Gasteiger partial charge in [0, 0.05) is 31.2 Å². The van der Waals surface area contributed by atoms with Gasteiger partial charge in [-0.1, -0.05) is 30.3 Å². The Morgan fingerprint density at radius 2 is 1.97 bits per heavy atom. The molecule has 0 atom stereocenters. The molecule has 3 heterocycles. The summed E-state index contributed by atoms with van der Waals surface area (Å²) in [5.41, 5.74) is 2.14. The number of aryl methyl sites for hydroxylation is 1. The lowest BCUT2D eigenvalue weighted by Gasteiger charge is -2.27. The van der Waals surface area contributed by atoms with Gasteiger partial charge in [-0.2, -0.15) is 5.10 Å². The van der Waals surface area contributed by atoms with Crippen LogP contribution in [0.25, 0.3) is 0 Å². The smallest absolute Gasteiger partial charge is 0.340 e. The number of esters is 1. The first-order valence-corrected chi connectivity index (χ1v) is 12.7. The van der Waals surface area contributed by atoms with E-state index in [9.17, 15) is 18.0 Å². The number of sulfonamides is 1. The molecule has 2 aromatic heterocycles. The number of benzene rings is 1. The van der Waals surface area contributed by atoms with Crippen molar-refractivity contribution in [3.05, 3.63) is 69.9 Å². The van der Waals surface area contributed by atoms with E-state index in [4.69, 9.17) is 4.74 Å². The van der Waals surface area contributed by atoms with E-state index >= 15 is 0 Å². The molecule has 0 saturated carbocycles. The van der Waals surface area contributed by atoms with Crippen LogP contribution in [0.4, 0.5) is 0 Å². The van der Waals surface area contributed by atoms with Gasteiger partial charge in [-0.3, -0.25) is 9.48 Å². The fourth-order valence-corrected chi connectivity index (χ4v) is 6.81. The van der Waals surface area contributed by atoms with Gasteiger partial charge in [0.1, 0.15) is 9.90 Å². The van der Waals surface area contributed by atoms with Crippen LogP contribution in [-0.4, -0.2) is 55.2 Å². The topological polar surface area (TPSA) is 111 Å². The third-order valence-electron chi connectivity index (χ3n) is 5.53. The molecular weight excluding hydrogens is 464 g/mol. The molecule has 1 N–H and O–H groups in total. The fourth-order valence-electron chi connectivity index (χ4n) is 3.84. The Kier molecular flexibility index (Phi) is 6.63. The van der Waals surface area contributed by atoms with Gasteiger partial charge in [0.15, 0.2) is 0 Å². The van der Waals surface area contributed by atoms with E-state index in [2.05, 4.69) is 9.82 Å². The maximum Gasteiger partial charge on any atom is 0.340 e. The molecule has 0 bridgehead atoms. The van der Waals surface area contributed by atoms with Gasteiger partial charge < -0.3 is 9.64 Å². The number of methoxy groups -OCH3 is 1. The summed E-state index contributed by atoms with van der Waals surface area (Å²) in [6.07, 6.45) is 2.43. The van der Waals surface area contributed by atoms with Crippen LogP contribution in [0, 0.1) is 0 Å². The first-order chi connectivity index (χ1) is 15.8. The SMILES string of the molecule is COC(=O)c1c(S(=O)(=O)NCCc2ccccc2)sc2c1CCN(C(=O)c1ccnn1C)C2. The van der Waals surface area contributed by atoms with Crippen LogP contribution in [0.15, 0.2) is 46.8 Å². The number of hydrogen-bond donors (Lipinski definition) is 1. The summed E-state index contributed by atoms with van der Waals surface area (Å²) in [6, 6.07) is 11.2. The molecule has 11 heteroatoms. The summed E-state index contributed by atoms with van der Waals surface area (Å²) in [5.74, 6) is -0.888. The first-order valence-electron chi connectivity index (χ1n) is 10.4. The maximum atomic E-state index is 13.1. The molecule has 0 radical (unpaired) electrons. The lowest BCUT2D eigenvalue weighted by molar-refractivity contribution is 0.0595. The molecule has 33 heavy (non-hydrogen) atoms. The Morgan fingerprint density at radius 3 is 2.64 bits per heavy atom. The number of carbonyl (C=O) groups is 2. The van der Waals surface area contributed by atoms with Crippen molar-refractivity contribution in [1.82, 2.24) is 19.4 Å². The molecule has 1 aliphatic rings. The van der Waals surface area contributed by atoms with Gasteiger partial charge in [0.05, 0.1) is 19.2 Å². The normalized spacial score (nSPS) is 13.6. The second kappa shape index (κ2) is 9.46. The van der Waals surface area contributed by atoms with Crippen LogP contribution in [0.1, 0.15) is 36.9 Å². The van der Waals surface area contributed by atoms with Crippen molar-refractivity contribution < 1.29 is 22.7 Å². The number of nitrogens with zero attached hydrogens (tertiary/aromatic N) is 3. The minimum Gasteiger partial charge on any atom is -0.465 e. The predicted molar refractivity (Wildman–Crippen MR) is 123 cm³/mol. The number of fused-ring (bicyclic) bond motifs is 1. The number of hydrogen-bond acceptors (Lipinski definition) is 7. The monoisotopic (exact) mass is 488 g/mol. The van der Waals surface area contributed by atoms with E-state index in [0.717, 1.165) is 16.9 Å². The van der Waals surface area contributed by atoms with Gasteiger partial charge in [-0.25, -0.2) is 17.9 Å². The molecule has 0 aliphatic carbocycles. The van der Waals surface area contributed by atoms with Crippen LogP contribution in [0.2, 0.25) is 0 Å². The van der Waals surface area contributed by atoms with E-state index in [0.29, 0.717) is 35.5 Å². The van der Waals surface area contributed by atoms with Crippen LogP contribution in [0.3, 0.4) is 0 Å². The molecule has 0 saturated heterocycles. The molecule has 1 aromatic carbocycles. The molecule has 0 fully saturated rings. The third kappa shape index (κ3) is 4.70. The van der Waals surface area contributed by atoms with Crippen molar-refractivity contribution in [2.24, 2.45) is 7.05 Å². The van der Waals surface area contributed by atoms with Crippen LogP contribution < -0.4 is 4.72 Å². The largest absolute Gasteiger partial charge is 0.465 e. The standard InChI is InChI=1S/C22H24N4O5S2/c1-25-17(9-11-23-25)20(27)26-13-10-16-18(14-26)32-22(19(16)21(28)31-2)33(29,30)24-12-8-15-6-4-3-5-7-15/h3-7,9,11,24H,8,10,12-14H2,1-2H3. The zero-order chi connectivity index (χ0) is 23.6. The number of carbonyl (C=O) groups excluding carboxylic acids is 2. The minimum absolute atomic E-state index is 0.0670. The Hall–Kier alpha value is -3.02. The number of aromatic nitrogens is 2. The van der Waals surface area contributed by atoms with Crippen LogP contribution >= 0.6 is 11.3 Å². The Bertz CT molecular complexity index is 1280. The summed E-state index contributed by atoms with van der Waals surface area (Å²) in [5, 5.41) is 4.04. The van der Waals surface area contributed by atoms with E-state index in [1.165, 1.54) is 11.8 Å². The second-order valence-corrected chi connectivity index (χ2v) is 10.7. The third-order valence-corrected chi connectivity index (χ3v) is 8.73. The molecular formula is C22H24N4O5S2. The summed E-state index contributed by atoms with van der Waals surface area (Å²) in [4.78, 5) is 27.8. The van der Waals surface area contributed by atoms with Gasteiger partial charge in [0.2, 0.25) is 0 Å². The van der Waals surface area contributed by atoms with E-state index in [1.54, 1.807) is 24.2 Å². The van der Waals surface area contributed by atoms with Gasteiger partial charge in [0.25, 0.3) is 15.9 Å². The zero-order valence-corrected chi connectivity index (χ0v) is 19.9. The minimum atomic E-state index is -3.95. The highest BCUT2D eigenvalue weighted by atomic mass is 32.2. The highest BCUT2D eigenvalue weighted by Gasteiger charge is 2.35. The molecule has 174 valence electrons. The van der Waals surface area contributed by atoms with Crippen LogP contribution in [-0.2, 0) is 41.2 Å². The lowest BCUT2D eigenvalue weighted by Crippen LogP contribution is -2.36. The zero-order valence-electron chi connectivity index (χ0n) is 18.3. The average molecular weight is 489 g/mol. The first kappa shape index (κ1) is 23.1. The van der Waals surface area contributed by atoms with Gasteiger partial charge in [-0.15, -0.1) is 11.3 Å². The van der Waals surface area contributed by atoms with Crippen molar-refractivity contribution >= 4 is 33.2 Å². The summed E-state index contributed by atoms with van der Waals surface area (Å²) < 4.78 is 35.2. The summed E-state index contributed by atoms with van der Waals surface area (Å²) >= 11 is 1.01. The lowest BCUT2D eigenvalue weighted by atomic mass is 10.0. The number of rotatable bonds is 7. The highest BCUT2D eigenvalue weighted by Crippen LogP contribution is 2.37. The number of ether oxygens (including phenoxy) is 1. The predicted octanol–water partition coefficient (Wildman–Crippen LogP) is 1.99. The second-order valence-electron chi connectivity index (χ2n) is 7.61. The molecule has 3 aromatic rings. The number of thiophene rings is 1. The molecule has 0 unspecified atom stereocenters. The van der Waals surface area contributed by atoms with Crippen molar-refractivity contribution in [2.75, 3.05) is 20.2 Å². The molecule has 0 spiro atoms. The summed E-state index contributed by atoms with van der Waals surface area (Å²) in [7, 11) is -1.03. The Morgan fingerprint density at radius 1 is 1.21 bits per heavy atom. The van der Waals surface area contributed by atoms with Gasteiger partial charge in [-0.05, 0) is 30.0 Å². The average Bonchev–Trinajstić information content (AvgIpc) is 3.42. The van der Waals surface area contributed by atoms with Crippen molar-refractivity contribution in [2.45, 2.75) is 23.6 Å². The Balaban J connectivity index is 1.59. The van der Waals surface area contributed by atoms with E-state index < -0.39 is 16.0 Å². The quantitative estimate of drug-likeness (QED) is 0.509. The molecule has 4 rings (SSSR count). The number of amides is 1. The van der Waals surface area contributed by atoms with E-state index in [1.807, 2.05) is 30.3 Å². The molecule has 1 amide bonds. The molecule has 9 nitrogen and oxygen atoms in total. The Labute approximate surface area is 196 Å². The van der Waals surface area contributed by atoms with Gasteiger partial charge >= 0.3 is 5.97 Å². The van der Waals surface area contributed by atoms with Crippen molar-refractivity contribution in [1.29, 1.82) is 0 Å². The number of nitrogens with one attached hydrogen (secondary N) is 1. The van der Waals surface area contributed by atoms with E-state index in [-0.39, 0.29) is 28.8 Å². The van der Waals surface area contributed by atoms with Crippen LogP contribution in [0.5, 0.6) is 0 Å². The van der Waals surface area contributed by atoms with Crippen molar-refractivity contribution in [3.63, 3.8) is 0 Å². The molecule has 1 aliphatic heterocycles.